The average molecular weight is 283 g/mol. The molecule has 0 aromatic carbocycles. The lowest BCUT2D eigenvalue weighted by Gasteiger charge is -2.10. The van der Waals surface area contributed by atoms with Crippen molar-refractivity contribution in [3.05, 3.63) is 17.5 Å². The number of aliphatic hydroxyl groups is 1. The van der Waals surface area contributed by atoms with Gasteiger partial charge in [0.1, 0.15) is 0 Å². The molecule has 6 nitrogen and oxygen atoms in total. The van der Waals surface area contributed by atoms with Gasteiger partial charge in [-0.3, -0.25) is 9.48 Å². The molecule has 20 heavy (non-hydrogen) atoms. The second-order valence-electron chi connectivity index (χ2n) is 5.37. The Morgan fingerprint density at radius 1 is 1.55 bits per heavy atom. The van der Waals surface area contributed by atoms with Gasteiger partial charge in [-0.15, -0.1) is 0 Å². The van der Waals surface area contributed by atoms with Gasteiger partial charge in [-0.25, -0.2) is 0 Å². The van der Waals surface area contributed by atoms with Crippen molar-refractivity contribution in [1.29, 1.82) is 0 Å². The smallest absolute Gasteiger partial charge is 0.254 e. The molecular weight excluding hydrogens is 258 g/mol. The molecule has 0 aliphatic carbocycles. The Bertz CT molecular complexity index is 429. The molecule has 0 aliphatic rings. The fourth-order valence-electron chi connectivity index (χ4n) is 1.92. The highest BCUT2D eigenvalue weighted by Crippen LogP contribution is 2.09. The molecule has 6 heteroatoms. The van der Waals surface area contributed by atoms with Crippen LogP contribution in [0.25, 0.3) is 0 Å². The van der Waals surface area contributed by atoms with Crippen molar-refractivity contribution in [2.45, 2.75) is 39.8 Å². The van der Waals surface area contributed by atoms with Crippen molar-refractivity contribution in [3.8, 4) is 0 Å². The zero-order chi connectivity index (χ0) is 15.1. The second-order valence-corrected chi connectivity index (χ2v) is 5.37. The van der Waals surface area contributed by atoms with Crippen LogP contribution in [0.4, 0.5) is 0 Å². The fourth-order valence-corrected chi connectivity index (χ4v) is 1.92. The van der Waals surface area contributed by atoms with Gasteiger partial charge in [0.2, 0.25) is 0 Å². The number of nitrogens with one attached hydrogen (secondary N) is 1. The first-order valence-corrected chi connectivity index (χ1v) is 6.93. The lowest BCUT2D eigenvalue weighted by molar-refractivity contribution is 0.0587. The number of aliphatic hydroxyl groups excluding tert-OH is 1. The van der Waals surface area contributed by atoms with Gasteiger partial charge in [0.25, 0.3) is 5.91 Å². The van der Waals surface area contributed by atoms with Crippen LogP contribution in [0.5, 0.6) is 0 Å². The Kier molecular flexibility index (Phi) is 6.67. The maximum atomic E-state index is 12.0. The second kappa shape index (κ2) is 8.01. The van der Waals surface area contributed by atoms with Crippen molar-refractivity contribution < 1.29 is 14.6 Å². The lowest BCUT2D eigenvalue weighted by atomic mass is 10.2. The maximum absolute atomic E-state index is 12.0. The summed E-state index contributed by atoms with van der Waals surface area (Å²) in [7, 11) is 1.54. The number of carbonyl (C=O) groups is 1. The zero-order valence-corrected chi connectivity index (χ0v) is 12.7. The van der Waals surface area contributed by atoms with Crippen LogP contribution in [-0.4, -0.2) is 47.2 Å². The summed E-state index contributed by atoms with van der Waals surface area (Å²) in [5.74, 6) is 0.329. The molecule has 1 unspecified atom stereocenters. The largest absolute Gasteiger partial charge is 0.391 e. The summed E-state index contributed by atoms with van der Waals surface area (Å²) in [6.07, 6.45) is 1.52. The van der Waals surface area contributed by atoms with Gasteiger partial charge < -0.3 is 15.2 Å². The summed E-state index contributed by atoms with van der Waals surface area (Å²) in [4.78, 5) is 12.0. The monoisotopic (exact) mass is 283 g/mol. The lowest BCUT2D eigenvalue weighted by Crippen LogP contribution is -2.28. The molecule has 1 amide bonds. The number of carbonyl (C=O) groups excluding carboxylic acids is 1. The molecule has 0 saturated heterocycles. The van der Waals surface area contributed by atoms with Gasteiger partial charge in [0.05, 0.1) is 24.5 Å². The number of methoxy groups -OCH3 is 1. The highest BCUT2D eigenvalue weighted by Gasteiger charge is 2.14. The van der Waals surface area contributed by atoms with Gasteiger partial charge in [-0.05, 0) is 19.3 Å². The van der Waals surface area contributed by atoms with E-state index in [-0.39, 0.29) is 12.5 Å². The van der Waals surface area contributed by atoms with Crippen LogP contribution >= 0.6 is 0 Å². The van der Waals surface area contributed by atoms with Crippen molar-refractivity contribution in [3.63, 3.8) is 0 Å². The van der Waals surface area contributed by atoms with Gasteiger partial charge in [0, 0.05) is 25.9 Å². The van der Waals surface area contributed by atoms with Crippen molar-refractivity contribution in [2.75, 3.05) is 20.3 Å². The molecular formula is C14H25N3O3. The number of aromatic nitrogens is 2. The number of amides is 1. The van der Waals surface area contributed by atoms with Gasteiger partial charge >= 0.3 is 0 Å². The average Bonchev–Trinajstić information content (AvgIpc) is 2.70. The molecule has 1 aromatic rings. The summed E-state index contributed by atoms with van der Waals surface area (Å²) >= 11 is 0. The molecule has 1 aromatic heterocycles. The van der Waals surface area contributed by atoms with Gasteiger partial charge in [0.15, 0.2) is 0 Å². The van der Waals surface area contributed by atoms with E-state index >= 15 is 0 Å². The van der Waals surface area contributed by atoms with Crippen LogP contribution in [0.3, 0.4) is 0 Å². The van der Waals surface area contributed by atoms with Gasteiger partial charge in [-0.2, -0.15) is 5.10 Å². The van der Waals surface area contributed by atoms with Crippen LogP contribution in [0.1, 0.15) is 36.3 Å². The van der Waals surface area contributed by atoms with Crippen molar-refractivity contribution >= 4 is 5.91 Å². The minimum Gasteiger partial charge on any atom is -0.391 e. The molecule has 0 bridgehead atoms. The van der Waals surface area contributed by atoms with Crippen LogP contribution in [0.2, 0.25) is 0 Å². The molecule has 114 valence electrons. The predicted octanol–water partition coefficient (Wildman–Crippen LogP) is 0.975. The van der Waals surface area contributed by atoms with E-state index in [9.17, 15) is 9.90 Å². The quantitative estimate of drug-likeness (QED) is 0.745. The van der Waals surface area contributed by atoms with E-state index in [2.05, 4.69) is 24.3 Å². The van der Waals surface area contributed by atoms with E-state index in [0.29, 0.717) is 24.4 Å². The van der Waals surface area contributed by atoms with Crippen molar-refractivity contribution in [2.24, 2.45) is 5.92 Å². The minimum absolute atomic E-state index is 0.151. The van der Waals surface area contributed by atoms with Crippen LogP contribution in [0, 0.1) is 12.8 Å². The van der Waals surface area contributed by atoms with E-state index in [1.165, 1.54) is 7.11 Å². The number of rotatable bonds is 8. The molecule has 0 fully saturated rings. The SMILES string of the molecule is COCC(O)CCNC(=O)c1cnn(CC(C)C)c1C. The Balaban J connectivity index is 2.49. The van der Waals surface area contributed by atoms with Crippen LogP contribution in [-0.2, 0) is 11.3 Å². The van der Waals surface area contributed by atoms with Gasteiger partial charge in [-0.1, -0.05) is 13.8 Å². The first-order chi connectivity index (χ1) is 9.45. The fraction of sp³-hybridized carbons (Fsp3) is 0.714. The zero-order valence-electron chi connectivity index (χ0n) is 12.7. The summed E-state index contributed by atoms with van der Waals surface area (Å²) in [6.45, 7) is 7.60. The highest BCUT2D eigenvalue weighted by molar-refractivity contribution is 5.94. The number of hydrogen-bond acceptors (Lipinski definition) is 4. The summed E-state index contributed by atoms with van der Waals surface area (Å²) in [5.41, 5.74) is 1.46. The van der Waals surface area contributed by atoms with E-state index in [1.807, 2.05) is 11.6 Å². The minimum atomic E-state index is -0.551. The predicted molar refractivity (Wildman–Crippen MR) is 76.6 cm³/mol. The Morgan fingerprint density at radius 3 is 2.85 bits per heavy atom. The maximum Gasteiger partial charge on any atom is 0.254 e. The van der Waals surface area contributed by atoms with Crippen LogP contribution in [0.15, 0.2) is 6.20 Å². The third-order valence-electron chi connectivity index (χ3n) is 3.01. The molecule has 1 rings (SSSR count). The standard InChI is InChI=1S/C14H25N3O3/c1-10(2)8-17-11(3)13(7-16-17)14(19)15-6-5-12(18)9-20-4/h7,10,12,18H,5-6,8-9H2,1-4H3,(H,15,19). The number of ether oxygens (including phenoxy) is 1. The molecule has 0 saturated carbocycles. The normalized spacial score (nSPS) is 12.7. The highest BCUT2D eigenvalue weighted by atomic mass is 16.5. The molecule has 1 atom stereocenters. The van der Waals surface area contributed by atoms with E-state index in [0.717, 1.165) is 12.2 Å². The summed E-state index contributed by atoms with van der Waals surface area (Å²) in [5, 5.41) is 16.5. The Hall–Kier alpha value is -1.40. The molecule has 0 radical (unpaired) electrons. The van der Waals surface area contributed by atoms with Crippen molar-refractivity contribution in [1.82, 2.24) is 15.1 Å². The summed E-state index contributed by atoms with van der Waals surface area (Å²) in [6, 6.07) is 0. The molecule has 0 spiro atoms. The first-order valence-electron chi connectivity index (χ1n) is 6.93. The first kappa shape index (κ1) is 16.7. The molecule has 1 heterocycles. The van der Waals surface area contributed by atoms with Crippen LogP contribution < -0.4 is 5.32 Å². The topological polar surface area (TPSA) is 76.4 Å². The number of nitrogens with zero attached hydrogens (tertiary/aromatic N) is 2. The molecule has 2 N–H and O–H groups in total. The van der Waals surface area contributed by atoms with E-state index in [4.69, 9.17) is 4.74 Å². The number of hydrogen-bond donors (Lipinski definition) is 2. The molecule has 0 aliphatic heterocycles. The third-order valence-corrected chi connectivity index (χ3v) is 3.01. The Labute approximate surface area is 120 Å². The van der Waals surface area contributed by atoms with E-state index in [1.54, 1.807) is 6.20 Å². The Morgan fingerprint density at radius 2 is 2.25 bits per heavy atom. The third kappa shape index (κ3) is 4.94. The van der Waals surface area contributed by atoms with E-state index < -0.39 is 6.10 Å². The summed E-state index contributed by atoms with van der Waals surface area (Å²) < 4.78 is 6.68.